The van der Waals surface area contributed by atoms with Crippen molar-refractivity contribution in [1.82, 2.24) is 5.32 Å². The Morgan fingerprint density at radius 1 is 1.20 bits per heavy atom. The number of ether oxygens (including phenoxy) is 2. The Hall–Kier alpha value is -2.53. The van der Waals surface area contributed by atoms with Gasteiger partial charge in [0.2, 0.25) is 5.91 Å². The van der Waals surface area contributed by atoms with Crippen LogP contribution in [0.15, 0.2) is 42.5 Å². The molecule has 0 aromatic heterocycles. The molecule has 25 heavy (non-hydrogen) atoms. The summed E-state index contributed by atoms with van der Waals surface area (Å²) >= 11 is 5.93. The summed E-state index contributed by atoms with van der Waals surface area (Å²) < 4.78 is 24.1. The maximum absolute atomic E-state index is 13.0. The minimum Gasteiger partial charge on any atom is -0.486 e. The first kappa shape index (κ1) is 17.3. The van der Waals surface area contributed by atoms with E-state index < -0.39 is 5.82 Å². The van der Waals surface area contributed by atoms with Gasteiger partial charge in [-0.25, -0.2) is 4.39 Å². The van der Waals surface area contributed by atoms with Crippen LogP contribution < -0.4 is 14.8 Å². The Morgan fingerprint density at radius 3 is 2.72 bits per heavy atom. The van der Waals surface area contributed by atoms with Crippen molar-refractivity contribution >= 4 is 23.6 Å². The lowest BCUT2D eigenvalue weighted by Gasteiger charge is -2.20. The second-order valence-electron chi connectivity index (χ2n) is 5.63. The number of halogens is 2. The normalized spacial score (nSPS) is 14.4. The third-order valence-electron chi connectivity index (χ3n) is 3.80. The molecule has 1 N–H and O–H groups in total. The van der Waals surface area contributed by atoms with Gasteiger partial charge in [0.05, 0.1) is 11.1 Å². The molecule has 1 heterocycles. The molecular weight excluding hydrogens is 345 g/mol. The average molecular weight is 362 g/mol. The van der Waals surface area contributed by atoms with Gasteiger partial charge in [0, 0.05) is 6.08 Å². The number of amides is 1. The summed E-state index contributed by atoms with van der Waals surface area (Å²) in [5.74, 6) is 0.694. The third-order valence-corrected chi connectivity index (χ3v) is 4.13. The fraction of sp³-hybridized carbons (Fsp3) is 0.211. The molecule has 4 nitrogen and oxygen atoms in total. The molecule has 0 bridgehead atoms. The zero-order chi connectivity index (χ0) is 17.8. The van der Waals surface area contributed by atoms with Crippen LogP contribution in [0.25, 0.3) is 6.08 Å². The quantitative estimate of drug-likeness (QED) is 0.832. The molecule has 6 heteroatoms. The molecule has 0 saturated carbocycles. The average Bonchev–Trinajstić information content (AvgIpc) is 2.60. The lowest BCUT2D eigenvalue weighted by molar-refractivity contribution is -0.117. The highest BCUT2D eigenvalue weighted by atomic mass is 35.5. The predicted octanol–water partition coefficient (Wildman–Crippen LogP) is 4.14. The van der Waals surface area contributed by atoms with E-state index in [1.54, 1.807) is 6.08 Å². The molecular formula is C19H17ClFNO3. The highest BCUT2D eigenvalue weighted by Crippen LogP contribution is 2.32. The van der Waals surface area contributed by atoms with Crippen molar-refractivity contribution in [1.29, 1.82) is 0 Å². The van der Waals surface area contributed by atoms with Crippen molar-refractivity contribution in [3.63, 3.8) is 0 Å². The van der Waals surface area contributed by atoms with Crippen molar-refractivity contribution in [2.75, 3.05) is 13.2 Å². The van der Waals surface area contributed by atoms with Crippen LogP contribution in [-0.4, -0.2) is 19.1 Å². The van der Waals surface area contributed by atoms with Crippen molar-refractivity contribution in [2.45, 2.75) is 13.0 Å². The van der Waals surface area contributed by atoms with Crippen molar-refractivity contribution in [2.24, 2.45) is 0 Å². The first-order valence-corrected chi connectivity index (χ1v) is 8.24. The van der Waals surface area contributed by atoms with Crippen LogP contribution in [0.1, 0.15) is 24.1 Å². The molecule has 2 aromatic carbocycles. The number of hydrogen-bond acceptors (Lipinski definition) is 3. The van der Waals surface area contributed by atoms with E-state index in [2.05, 4.69) is 5.32 Å². The van der Waals surface area contributed by atoms with E-state index >= 15 is 0 Å². The molecule has 130 valence electrons. The van der Waals surface area contributed by atoms with Gasteiger partial charge in [0.15, 0.2) is 11.5 Å². The van der Waals surface area contributed by atoms with Gasteiger partial charge in [0.1, 0.15) is 19.0 Å². The highest BCUT2D eigenvalue weighted by molar-refractivity contribution is 6.32. The topological polar surface area (TPSA) is 47.6 Å². The SMILES string of the molecule is CC(NC(=O)C=Cc1ccc(F)cc1Cl)c1ccc2c(c1)OCCO2. The van der Waals surface area contributed by atoms with Crippen LogP contribution in [-0.2, 0) is 4.79 Å². The molecule has 0 spiro atoms. The smallest absolute Gasteiger partial charge is 0.244 e. The van der Waals surface area contributed by atoms with Crippen LogP contribution in [0.5, 0.6) is 11.5 Å². The van der Waals surface area contributed by atoms with Gasteiger partial charge in [-0.3, -0.25) is 4.79 Å². The van der Waals surface area contributed by atoms with Gasteiger partial charge in [0.25, 0.3) is 0 Å². The summed E-state index contributed by atoms with van der Waals surface area (Å²) in [4.78, 5) is 12.1. The number of carbonyl (C=O) groups is 1. The molecule has 2 aromatic rings. The predicted molar refractivity (Wildman–Crippen MR) is 94.4 cm³/mol. The fourth-order valence-corrected chi connectivity index (χ4v) is 2.71. The zero-order valence-corrected chi connectivity index (χ0v) is 14.3. The number of carbonyl (C=O) groups excluding carboxylic acids is 1. The lowest BCUT2D eigenvalue weighted by atomic mass is 10.1. The lowest BCUT2D eigenvalue weighted by Crippen LogP contribution is -2.25. The van der Waals surface area contributed by atoms with Gasteiger partial charge in [-0.2, -0.15) is 0 Å². The Morgan fingerprint density at radius 2 is 1.96 bits per heavy atom. The summed E-state index contributed by atoms with van der Waals surface area (Å²) in [5.41, 5.74) is 1.48. The van der Waals surface area contributed by atoms with E-state index in [1.165, 1.54) is 24.3 Å². The van der Waals surface area contributed by atoms with Gasteiger partial charge in [-0.15, -0.1) is 0 Å². The van der Waals surface area contributed by atoms with Gasteiger partial charge in [-0.1, -0.05) is 23.7 Å². The highest BCUT2D eigenvalue weighted by Gasteiger charge is 2.15. The summed E-state index contributed by atoms with van der Waals surface area (Å²) in [5, 5.41) is 3.12. The number of fused-ring (bicyclic) bond motifs is 1. The molecule has 0 fully saturated rings. The minimum atomic E-state index is -0.418. The minimum absolute atomic E-state index is 0.211. The van der Waals surface area contributed by atoms with E-state index in [9.17, 15) is 9.18 Å². The van der Waals surface area contributed by atoms with E-state index in [1.807, 2.05) is 25.1 Å². The largest absolute Gasteiger partial charge is 0.486 e. The van der Waals surface area contributed by atoms with Crippen LogP contribution >= 0.6 is 11.6 Å². The van der Waals surface area contributed by atoms with Crippen LogP contribution in [0.2, 0.25) is 5.02 Å². The number of rotatable bonds is 4. The molecule has 1 unspecified atom stereocenters. The maximum atomic E-state index is 13.0. The molecule has 1 aliphatic rings. The Labute approximate surface area is 150 Å². The summed E-state index contributed by atoms with van der Waals surface area (Å²) in [7, 11) is 0. The second kappa shape index (κ2) is 7.57. The molecule has 0 saturated heterocycles. The van der Waals surface area contributed by atoms with Crippen molar-refractivity contribution in [3.8, 4) is 11.5 Å². The first-order chi connectivity index (χ1) is 12.0. The van der Waals surface area contributed by atoms with Gasteiger partial charge in [-0.05, 0) is 48.4 Å². The molecule has 1 atom stereocenters. The standard InChI is InChI=1S/C19H17ClFNO3/c1-12(14-3-6-17-18(10-14)25-9-8-24-17)22-19(23)7-4-13-2-5-15(21)11-16(13)20/h2-7,10-12H,8-9H2,1H3,(H,22,23). The molecule has 1 amide bonds. The Balaban J connectivity index is 1.65. The van der Waals surface area contributed by atoms with E-state index in [0.717, 1.165) is 5.56 Å². The van der Waals surface area contributed by atoms with Crippen LogP contribution in [0.3, 0.4) is 0 Å². The van der Waals surface area contributed by atoms with E-state index in [4.69, 9.17) is 21.1 Å². The zero-order valence-electron chi connectivity index (χ0n) is 13.6. The van der Waals surface area contributed by atoms with Gasteiger partial charge < -0.3 is 14.8 Å². The van der Waals surface area contributed by atoms with Crippen LogP contribution in [0, 0.1) is 5.82 Å². The molecule has 0 aliphatic carbocycles. The first-order valence-electron chi connectivity index (χ1n) is 7.86. The van der Waals surface area contributed by atoms with Crippen LogP contribution in [0.4, 0.5) is 4.39 Å². The van der Waals surface area contributed by atoms with Crippen molar-refractivity contribution < 1.29 is 18.7 Å². The summed E-state index contributed by atoms with van der Waals surface area (Å²) in [6.45, 7) is 2.93. The molecule has 0 radical (unpaired) electrons. The second-order valence-corrected chi connectivity index (χ2v) is 6.04. The monoisotopic (exact) mass is 361 g/mol. The van der Waals surface area contributed by atoms with E-state index in [0.29, 0.717) is 30.3 Å². The van der Waals surface area contributed by atoms with E-state index in [-0.39, 0.29) is 17.0 Å². The molecule has 1 aliphatic heterocycles. The number of hydrogen-bond donors (Lipinski definition) is 1. The Bertz CT molecular complexity index is 822. The number of nitrogens with one attached hydrogen (secondary N) is 1. The van der Waals surface area contributed by atoms with Crippen molar-refractivity contribution in [3.05, 3.63) is 64.4 Å². The molecule has 3 rings (SSSR count). The maximum Gasteiger partial charge on any atom is 0.244 e. The van der Waals surface area contributed by atoms with Gasteiger partial charge >= 0.3 is 0 Å². The summed E-state index contributed by atoms with van der Waals surface area (Å²) in [6, 6.07) is 9.39. The summed E-state index contributed by atoms with van der Waals surface area (Å²) in [6.07, 6.45) is 2.92. The third kappa shape index (κ3) is 4.31. The number of benzene rings is 2. The Kier molecular flexibility index (Phi) is 5.24. The fourth-order valence-electron chi connectivity index (χ4n) is 2.48.